The second kappa shape index (κ2) is 8.62. The molecular formula is C21H18F7NO3S. The summed E-state index contributed by atoms with van der Waals surface area (Å²) in [7, 11) is -4.09. The minimum atomic E-state index is -4.98. The fraction of sp³-hybridized carbons (Fsp3) is 0.381. The maximum atomic E-state index is 13.4. The summed E-state index contributed by atoms with van der Waals surface area (Å²) in [6, 6.07) is 4.69. The predicted octanol–water partition coefficient (Wildman–Crippen LogP) is 5.23. The lowest BCUT2D eigenvalue weighted by Gasteiger charge is -2.39. The average molecular weight is 497 g/mol. The fourth-order valence-electron chi connectivity index (χ4n) is 3.63. The number of amides is 1. The summed E-state index contributed by atoms with van der Waals surface area (Å²) in [5.41, 5.74) is -3.08. The first-order valence-corrected chi connectivity index (χ1v) is 11.2. The van der Waals surface area contributed by atoms with Crippen LogP contribution in [0.1, 0.15) is 41.3 Å². The molecular weight excluding hydrogens is 479 g/mol. The molecule has 1 amide bonds. The van der Waals surface area contributed by atoms with Crippen LogP contribution in [0.3, 0.4) is 0 Å². The molecule has 1 aliphatic rings. The number of nitrogens with one attached hydrogen (secondary N) is 1. The van der Waals surface area contributed by atoms with Gasteiger partial charge in [-0.1, -0.05) is 6.07 Å². The molecule has 1 fully saturated rings. The molecule has 0 aromatic heterocycles. The highest BCUT2D eigenvalue weighted by Gasteiger charge is 2.41. The van der Waals surface area contributed by atoms with Gasteiger partial charge in [-0.25, -0.2) is 12.8 Å². The first-order chi connectivity index (χ1) is 15.1. The molecule has 3 rings (SSSR count). The van der Waals surface area contributed by atoms with Crippen LogP contribution < -0.4 is 5.32 Å². The molecule has 0 spiro atoms. The van der Waals surface area contributed by atoms with Gasteiger partial charge in [0.1, 0.15) is 5.82 Å². The molecule has 1 N–H and O–H groups in total. The molecule has 0 heterocycles. The van der Waals surface area contributed by atoms with Gasteiger partial charge in [0.2, 0.25) is 0 Å². The number of benzene rings is 2. The molecule has 2 aromatic carbocycles. The Bertz CT molecular complexity index is 1150. The van der Waals surface area contributed by atoms with E-state index >= 15 is 0 Å². The normalized spacial score (nSPS) is 20.1. The van der Waals surface area contributed by atoms with Crippen molar-refractivity contribution >= 4 is 15.7 Å². The predicted molar refractivity (Wildman–Crippen MR) is 103 cm³/mol. The molecule has 1 aliphatic carbocycles. The van der Waals surface area contributed by atoms with E-state index in [9.17, 15) is 43.9 Å². The van der Waals surface area contributed by atoms with Crippen LogP contribution in [-0.4, -0.2) is 25.6 Å². The van der Waals surface area contributed by atoms with E-state index in [-0.39, 0.29) is 12.8 Å². The zero-order valence-electron chi connectivity index (χ0n) is 17.0. The van der Waals surface area contributed by atoms with Crippen molar-refractivity contribution < 1.29 is 43.9 Å². The average Bonchev–Trinajstić information content (AvgIpc) is 2.68. The highest BCUT2D eigenvalue weighted by atomic mass is 32.2. The van der Waals surface area contributed by atoms with E-state index < -0.39 is 72.7 Å². The zero-order chi connectivity index (χ0) is 24.8. The largest absolute Gasteiger partial charge is 0.419 e. The number of sulfone groups is 1. The minimum Gasteiger partial charge on any atom is -0.349 e. The topological polar surface area (TPSA) is 63.2 Å². The van der Waals surface area contributed by atoms with Crippen LogP contribution in [0.15, 0.2) is 47.4 Å². The van der Waals surface area contributed by atoms with Crippen molar-refractivity contribution in [2.75, 3.05) is 0 Å². The van der Waals surface area contributed by atoms with Gasteiger partial charge in [-0.15, -0.1) is 0 Å². The van der Waals surface area contributed by atoms with E-state index in [2.05, 4.69) is 5.32 Å². The summed E-state index contributed by atoms with van der Waals surface area (Å²) in [4.78, 5) is 11.8. The first kappa shape index (κ1) is 25.0. The lowest BCUT2D eigenvalue weighted by Crippen LogP contribution is -2.48. The van der Waals surface area contributed by atoms with Gasteiger partial charge < -0.3 is 5.32 Å². The minimum absolute atomic E-state index is 0.165. The smallest absolute Gasteiger partial charge is 0.349 e. The summed E-state index contributed by atoms with van der Waals surface area (Å²) in [5.74, 6) is -2.87. The van der Waals surface area contributed by atoms with Gasteiger partial charge in [-0.2, -0.15) is 26.3 Å². The Morgan fingerprint density at radius 1 is 1.00 bits per heavy atom. The third kappa shape index (κ3) is 5.31. The van der Waals surface area contributed by atoms with Crippen molar-refractivity contribution in [2.45, 2.75) is 48.3 Å². The van der Waals surface area contributed by atoms with Gasteiger partial charge in [0, 0.05) is 11.6 Å². The molecule has 0 saturated heterocycles. The van der Waals surface area contributed by atoms with E-state index in [1.807, 2.05) is 0 Å². The van der Waals surface area contributed by atoms with Crippen molar-refractivity contribution in [3.63, 3.8) is 0 Å². The summed E-state index contributed by atoms with van der Waals surface area (Å²) >= 11 is 0. The molecule has 4 nitrogen and oxygen atoms in total. The molecule has 1 saturated carbocycles. The monoisotopic (exact) mass is 497 g/mol. The second-order valence-corrected chi connectivity index (χ2v) is 10.2. The van der Waals surface area contributed by atoms with E-state index in [1.54, 1.807) is 0 Å². The van der Waals surface area contributed by atoms with Crippen LogP contribution in [0.4, 0.5) is 30.7 Å². The quantitative estimate of drug-likeness (QED) is 0.576. The van der Waals surface area contributed by atoms with Gasteiger partial charge in [0.15, 0.2) is 9.84 Å². The molecule has 2 aromatic rings. The summed E-state index contributed by atoms with van der Waals surface area (Å²) in [6.45, 7) is 1.36. The molecule has 12 heteroatoms. The highest BCUT2D eigenvalue weighted by molar-refractivity contribution is 7.92. The van der Waals surface area contributed by atoms with Crippen LogP contribution in [0.25, 0.3) is 0 Å². The number of rotatable bonds is 5. The highest BCUT2D eigenvalue weighted by Crippen LogP contribution is 2.38. The number of hydrogen-bond donors (Lipinski definition) is 1. The van der Waals surface area contributed by atoms with Crippen LogP contribution >= 0.6 is 0 Å². The van der Waals surface area contributed by atoms with E-state index in [0.717, 1.165) is 24.3 Å². The van der Waals surface area contributed by atoms with Gasteiger partial charge in [0.05, 0.1) is 21.3 Å². The van der Waals surface area contributed by atoms with Crippen LogP contribution in [0.2, 0.25) is 0 Å². The maximum absolute atomic E-state index is 13.4. The number of halogens is 7. The number of carbonyl (C=O) groups excluding carboxylic acids is 1. The van der Waals surface area contributed by atoms with Crippen molar-refractivity contribution in [1.29, 1.82) is 0 Å². The number of alkyl halides is 6. The van der Waals surface area contributed by atoms with Crippen LogP contribution in [0, 0.1) is 11.7 Å². The van der Waals surface area contributed by atoms with Gasteiger partial charge >= 0.3 is 12.4 Å². The first-order valence-electron chi connectivity index (χ1n) is 9.69. The molecule has 180 valence electrons. The van der Waals surface area contributed by atoms with E-state index in [4.69, 9.17) is 0 Å². The SMILES string of the molecule is CC([C@H]1C[C@H](NC(=O)c2ccc(F)c(C(F)(F)F)c2)C1)S(=O)(=O)c1cccc(C(F)(F)F)c1. The summed E-state index contributed by atoms with van der Waals surface area (Å²) in [6.07, 6.45) is -9.35. The van der Waals surface area contributed by atoms with Crippen molar-refractivity contribution in [1.82, 2.24) is 5.32 Å². The number of hydrogen-bond acceptors (Lipinski definition) is 3. The Labute approximate surface area is 184 Å². The Balaban J connectivity index is 1.65. The molecule has 1 atom stereocenters. The molecule has 1 unspecified atom stereocenters. The van der Waals surface area contributed by atoms with Crippen LogP contribution in [-0.2, 0) is 22.2 Å². The standard InChI is InChI=1S/C21H18F7NO3S/c1-11(33(31,32)16-4-2-3-14(10-16)20(23,24)25)13-7-15(8-13)29-19(30)12-5-6-18(22)17(9-12)21(26,27)28/h2-6,9-11,13,15H,7-8H2,1H3,(H,29,30)/t11?,13-,15-. The third-order valence-electron chi connectivity index (χ3n) is 5.69. The van der Waals surface area contributed by atoms with Gasteiger partial charge in [0.25, 0.3) is 5.91 Å². The molecule has 0 bridgehead atoms. The van der Waals surface area contributed by atoms with Crippen LogP contribution in [0.5, 0.6) is 0 Å². The van der Waals surface area contributed by atoms with E-state index in [0.29, 0.717) is 18.2 Å². The number of carbonyl (C=O) groups is 1. The van der Waals surface area contributed by atoms with Crippen molar-refractivity contribution in [3.8, 4) is 0 Å². The molecule has 0 aliphatic heterocycles. The van der Waals surface area contributed by atoms with Gasteiger partial charge in [-0.3, -0.25) is 4.79 Å². The summed E-state index contributed by atoms with van der Waals surface area (Å²) in [5, 5.41) is 1.42. The Morgan fingerprint density at radius 3 is 2.21 bits per heavy atom. The Hall–Kier alpha value is -2.63. The molecule has 33 heavy (non-hydrogen) atoms. The Kier molecular flexibility index (Phi) is 6.53. The zero-order valence-corrected chi connectivity index (χ0v) is 17.8. The lowest BCUT2D eigenvalue weighted by molar-refractivity contribution is -0.140. The van der Waals surface area contributed by atoms with Crippen molar-refractivity contribution in [3.05, 3.63) is 65.0 Å². The molecule has 0 radical (unpaired) electrons. The third-order valence-corrected chi connectivity index (χ3v) is 7.96. The summed E-state index contributed by atoms with van der Waals surface area (Å²) < 4.78 is 116. The fourth-order valence-corrected chi connectivity index (χ4v) is 5.35. The Morgan fingerprint density at radius 2 is 1.64 bits per heavy atom. The van der Waals surface area contributed by atoms with Gasteiger partial charge in [-0.05, 0) is 62.1 Å². The lowest BCUT2D eigenvalue weighted by atomic mass is 9.78. The van der Waals surface area contributed by atoms with E-state index in [1.165, 1.54) is 6.92 Å². The second-order valence-electron chi connectivity index (χ2n) is 7.87. The van der Waals surface area contributed by atoms with Crippen molar-refractivity contribution in [2.24, 2.45) is 5.92 Å². The maximum Gasteiger partial charge on any atom is 0.419 e.